The van der Waals surface area contributed by atoms with Gasteiger partial charge in [-0.15, -0.1) is 0 Å². The first-order valence-electron chi connectivity index (χ1n) is 10.4. The van der Waals surface area contributed by atoms with Gasteiger partial charge in [0.25, 0.3) is 0 Å². The lowest BCUT2D eigenvalue weighted by Gasteiger charge is -2.24. The van der Waals surface area contributed by atoms with Crippen molar-refractivity contribution in [3.63, 3.8) is 0 Å². The van der Waals surface area contributed by atoms with E-state index < -0.39 is 10.0 Å². The van der Waals surface area contributed by atoms with Gasteiger partial charge in [0.15, 0.2) is 0 Å². The molecule has 0 heterocycles. The second-order valence-electron chi connectivity index (χ2n) is 7.43. The summed E-state index contributed by atoms with van der Waals surface area (Å²) in [5, 5.41) is 2.89. The van der Waals surface area contributed by atoms with Crippen LogP contribution >= 0.6 is 0 Å². The van der Waals surface area contributed by atoms with Crippen molar-refractivity contribution in [3.05, 3.63) is 54.1 Å². The summed E-state index contributed by atoms with van der Waals surface area (Å²) >= 11 is 0. The quantitative estimate of drug-likeness (QED) is 0.537. The number of carbonyl (C=O) groups excluding carboxylic acids is 1. The molecule has 8 heteroatoms. The number of nitrogens with one attached hydrogen (secondary N) is 1. The van der Waals surface area contributed by atoms with Gasteiger partial charge in [0.1, 0.15) is 18.1 Å². The van der Waals surface area contributed by atoms with Crippen molar-refractivity contribution >= 4 is 21.6 Å². The highest BCUT2D eigenvalue weighted by Gasteiger charge is 2.21. The lowest BCUT2D eigenvalue weighted by atomic mass is 10.2. The van der Waals surface area contributed by atoms with Crippen LogP contribution in [0.3, 0.4) is 0 Å². The summed E-state index contributed by atoms with van der Waals surface area (Å²) in [6, 6.07) is 14.6. The minimum Gasteiger partial charge on any atom is -0.492 e. The molecule has 0 bridgehead atoms. The Balaban J connectivity index is 1.86. The molecule has 1 N–H and O–H groups in total. The monoisotopic (exact) mass is 448 g/mol. The molecule has 0 saturated carbocycles. The number of rotatable bonds is 12. The first-order chi connectivity index (χ1) is 14.7. The fourth-order valence-electron chi connectivity index (χ4n) is 3.03. The lowest BCUT2D eigenvalue weighted by molar-refractivity contribution is -0.121. The van der Waals surface area contributed by atoms with Crippen LogP contribution in [0.1, 0.15) is 32.3 Å². The predicted molar refractivity (Wildman–Crippen MR) is 123 cm³/mol. The molecule has 1 atom stereocenters. The number of hydrogen-bond donors (Lipinski definition) is 1. The van der Waals surface area contributed by atoms with E-state index in [2.05, 4.69) is 5.32 Å². The summed E-state index contributed by atoms with van der Waals surface area (Å²) in [6.07, 6.45) is 1.74. The number of carbonyl (C=O) groups is 1. The van der Waals surface area contributed by atoms with Crippen molar-refractivity contribution in [2.75, 3.05) is 30.3 Å². The molecule has 0 saturated heterocycles. The minimum absolute atomic E-state index is 0.147. The van der Waals surface area contributed by atoms with Crippen molar-refractivity contribution in [1.29, 1.82) is 0 Å². The number of benzene rings is 2. The molecule has 0 fully saturated rings. The van der Waals surface area contributed by atoms with Crippen LogP contribution in [0.4, 0.5) is 5.69 Å². The summed E-state index contributed by atoms with van der Waals surface area (Å²) in [5.41, 5.74) is 1.63. The van der Waals surface area contributed by atoms with Crippen molar-refractivity contribution in [3.8, 4) is 11.5 Å². The van der Waals surface area contributed by atoms with Crippen LogP contribution in [0, 0.1) is 6.92 Å². The summed E-state index contributed by atoms with van der Waals surface area (Å²) < 4.78 is 37.2. The molecule has 1 amide bonds. The van der Waals surface area contributed by atoms with Gasteiger partial charge in [-0.3, -0.25) is 9.10 Å². The number of nitrogens with zero attached hydrogens (tertiary/aromatic N) is 1. The van der Waals surface area contributed by atoms with Gasteiger partial charge < -0.3 is 14.8 Å². The van der Waals surface area contributed by atoms with E-state index in [-0.39, 0.29) is 24.9 Å². The maximum atomic E-state index is 12.3. The summed E-state index contributed by atoms with van der Waals surface area (Å²) in [4.78, 5) is 12.3. The third-order valence-corrected chi connectivity index (χ3v) is 5.71. The van der Waals surface area contributed by atoms with Crippen molar-refractivity contribution in [2.24, 2.45) is 0 Å². The standard InChI is InChI=1S/C23H32N2O5S/c1-5-29-22-10-7-6-9-21(22)25(31(4,27)28)16-8-11-23(26)24-19(3)17-30-20-14-12-18(2)13-15-20/h6-7,9-10,12-15,19H,5,8,11,16-17H2,1-4H3,(H,24,26). The molecule has 7 nitrogen and oxygen atoms in total. The largest absolute Gasteiger partial charge is 0.492 e. The van der Waals surface area contributed by atoms with Crippen molar-refractivity contribution < 1.29 is 22.7 Å². The van der Waals surface area contributed by atoms with E-state index in [4.69, 9.17) is 9.47 Å². The van der Waals surface area contributed by atoms with Gasteiger partial charge >= 0.3 is 0 Å². The molecular formula is C23H32N2O5S. The molecule has 0 radical (unpaired) electrons. The third kappa shape index (κ3) is 8.13. The van der Waals surface area contributed by atoms with Gasteiger partial charge in [0.05, 0.1) is 24.6 Å². The number of anilines is 1. The molecule has 2 aromatic rings. The van der Waals surface area contributed by atoms with Crippen LogP contribution < -0.4 is 19.1 Å². The Hall–Kier alpha value is -2.74. The lowest BCUT2D eigenvalue weighted by Crippen LogP contribution is -2.37. The zero-order chi connectivity index (χ0) is 22.9. The summed E-state index contributed by atoms with van der Waals surface area (Å²) in [7, 11) is -3.52. The van der Waals surface area contributed by atoms with Crippen LogP contribution in [0.2, 0.25) is 0 Å². The minimum atomic E-state index is -3.52. The Bertz CT molecular complexity index is 945. The first kappa shape index (κ1) is 24.5. The van der Waals surface area contributed by atoms with Crippen LogP contribution in [-0.2, 0) is 14.8 Å². The number of hydrogen-bond acceptors (Lipinski definition) is 5. The van der Waals surface area contributed by atoms with Gasteiger partial charge in [-0.25, -0.2) is 8.42 Å². The number of sulfonamides is 1. The molecule has 2 aromatic carbocycles. The van der Waals surface area contributed by atoms with E-state index in [1.807, 2.05) is 45.0 Å². The van der Waals surface area contributed by atoms with E-state index in [0.29, 0.717) is 31.1 Å². The summed E-state index contributed by atoms with van der Waals surface area (Å²) in [6.45, 7) is 6.69. The maximum absolute atomic E-state index is 12.3. The molecule has 0 aliphatic rings. The van der Waals surface area contributed by atoms with Gasteiger partial charge in [-0.05, 0) is 51.5 Å². The predicted octanol–water partition coefficient (Wildman–Crippen LogP) is 3.52. The van der Waals surface area contributed by atoms with Crippen molar-refractivity contribution in [2.45, 2.75) is 39.7 Å². The highest BCUT2D eigenvalue weighted by molar-refractivity contribution is 7.92. The zero-order valence-corrected chi connectivity index (χ0v) is 19.4. The third-order valence-electron chi connectivity index (χ3n) is 4.53. The Morgan fingerprint density at radius 3 is 2.42 bits per heavy atom. The van der Waals surface area contributed by atoms with Gasteiger partial charge in [-0.1, -0.05) is 29.8 Å². The fraction of sp³-hybridized carbons (Fsp3) is 0.435. The molecular weight excluding hydrogens is 416 g/mol. The van der Waals surface area contributed by atoms with Crippen LogP contribution in [-0.4, -0.2) is 46.4 Å². The summed E-state index contributed by atoms with van der Waals surface area (Å²) in [5.74, 6) is 1.11. The van der Waals surface area contributed by atoms with E-state index >= 15 is 0 Å². The molecule has 0 aliphatic heterocycles. The van der Waals surface area contributed by atoms with E-state index in [0.717, 1.165) is 17.6 Å². The molecule has 2 rings (SSSR count). The Kier molecular flexibility index (Phi) is 9.18. The zero-order valence-electron chi connectivity index (χ0n) is 18.6. The Morgan fingerprint density at radius 2 is 1.77 bits per heavy atom. The first-order valence-corrected chi connectivity index (χ1v) is 12.2. The van der Waals surface area contributed by atoms with Gasteiger partial charge in [-0.2, -0.15) is 0 Å². The number of amides is 1. The second kappa shape index (κ2) is 11.6. The molecule has 0 spiro atoms. The Morgan fingerprint density at radius 1 is 1.10 bits per heavy atom. The SMILES string of the molecule is CCOc1ccccc1N(CCCC(=O)NC(C)COc1ccc(C)cc1)S(C)(=O)=O. The topological polar surface area (TPSA) is 84.9 Å². The van der Waals surface area contributed by atoms with Crippen molar-refractivity contribution in [1.82, 2.24) is 5.32 Å². The van der Waals surface area contributed by atoms with E-state index in [1.54, 1.807) is 24.3 Å². The average molecular weight is 449 g/mol. The van der Waals surface area contributed by atoms with E-state index in [1.165, 1.54) is 4.31 Å². The van der Waals surface area contributed by atoms with Gasteiger partial charge in [0, 0.05) is 13.0 Å². The average Bonchev–Trinajstić information content (AvgIpc) is 2.71. The van der Waals surface area contributed by atoms with Crippen LogP contribution in [0.15, 0.2) is 48.5 Å². The fourth-order valence-corrected chi connectivity index (χ4v) is 4.00. The molecule has 1 unspecified atom stereocenters. The van der Waals surface area contributed by atoms with E-state index in [9.17, 15) is 13.2 Å². The highest BCUT2D eigenvalue weighted by atomic mass is 32.2. The van der Waals surface area contributed by atoms with Gasteiger partial charge in [0.2, 0.25) is 15.9 Å². The molecule has 0 aromatic heterocycles. The van der Waals surface area contributed by atoms with Crippen LogP contribution in [0.5, 0.6) is 11.5 Å². The Labute approximate surface area is 185 Å². The molecule has 31 heavy (non-hydrogen) atoms. The smallest absolute Gasteiger partial charge is 0.232 e. The number of para-hydroxylation sites is 2. The number of aryl methyl sites for hydroxylation is 1. The maximum Gasteiger partial charge on any atom is 0.232 e. The molecule has 0 aliphatic carbocycles. The second-order valence-corrected chi connectivity index (χ2v) is 9.34. The van der Waals surface area contributed by atoms with Crippen LogP contribution in [0.25, 0.3) is 0 Å². The normalized spacial score (nSPS) is 12.1. The number of ether oxygens (including phenoxy) is 2. The molecule has 170 valence electrons. The highest BCUT2D eigenvalue weighted by Crippen LogP contribution is 2.30.